The predicted octanol–water partition coefficient (Wildman–Crippen LogP) is 0.483. The number of amides is 1. The second kappa shape index (κ2) is 7.88. The van der Waals surface area contributed by atoms with Crippen LogP contribution in [-0.2, 0) is 19.1 Å². The molecule has 0 spiro atoms. The van der Waals surface area contributed by atoms with E-state index in [1.807, 2.05) is 0 Å². The number of esters is 2. The predicted molar refractivity (Wildman–Crippen MR) is 72.9 cm³/mol. The van der Waals surface area contributed by atoms with Crippen LogP contribution in [0.4, 0.5) is 0 Å². The average molecular weight is 295 g/mol. The second-order valence-corrected chi connectivity index (χ2v) is 4.05. The van der Waals surface area contributed by atoms with Gasteiger partial charge in [-0.05, 0) is 18.2 Å². The third-order valence-corrected chi connectivity index (χ3v) is 2.70. The third kappa shape index (κ3) is 4.79. The van der Waals surface area contributed by atoms with E-state index in [4.69, 9.17) is 4.74 Å². The molecule has 0 aliphatic rings. The molecule has 1 rings (SSSR count). The van der Waals surface area contributed by atoms with Crippen LogP contribution >= 0.6 is 0 Å². The Morgan fingerprint density at radius 2 is 1.57 bits per heavy atom. The Morgan fingerprint density at radius 3 is 2.05 bits per heavy atom. The number of carbonyl (C=O) groups excluding carboxylic acids is 3. The summed E-state index contributed by atoms with van der Waals surface area (Å²) in [7, 11) is 3.88. The maximum Gasteiger partial charge on any atom is 0.325 e. The lowest BCUT2D eigenvalue weighted by atomic mass is 10.2. The van der Waals surface area contributed by atoms with E-state index in [1.165, 1.54) is 27.4 Å². The van der Waals surface area contributed by atoms with E-state index in [-0.39, 0.29) is 13.1 Å². The second-order valence-electron chi connectivity index (χ2n) is 4.05. The summed E-state index contributed by atoms with van der Waals surface area (Å²) in [5.74, 6) is -1.26. The van der Waals surface area contributed by atoms with E-state index in [0.29, 0.717) is 11.3 Å². The van der Waals surface area contributed by atoms with Crippen LogP contribution in [-0.4, -0.2) is 57.2 Å². The minimum atomic E-state index is -0.629. The van der Waals surface area contributed by atoms with E-state index in [9.17, 15) is 14.4 Å². The van der Waals surface area contributed by atoms with Crippen LogP contribution in [0.3, 0.4) is 0 Å². The minimum Gasteiger partial charge on any atom is -0.497 e. The Hall–Kier alpha value is -2.57. The average Bonchev–Trinajstić information content (AvgIpc) is 2.53. The molecule has 0 radical (unpaired) electrons. The number of ether oxygens (including phenoxy) is 3. The van der Waals surface area contributed by atoms with Crippen molar-refractivity contribution in [3.05, 3.63) is 29.8 Å². The van der Waals surface area contributed by atoms with Gasteiger partial charge in [-0.25, -0.2) is 0 Å². The molecule has 0 saturated carbocycles. The zero-order valence-corrected chi connectivity index (χ0v) is 12.1. The van der Waals surface area contributed by atoms with Gasteiger partial charge in [-0.15, -0.1) is 0 Å². The monoisotopic (exact) mass is 295 g/mol. The van der Waals surface area contributed by atoms with Gasteiger partial charge >= 0.3 is 11.9 Å². The quantitative estimate of drug-likeness (QED) is 0.710. The van der Waals surface area contributed by atoms with Crippen LogP contribution in [0.15, 0.2) is 24.3 Å². The van der Waals surface area contributed by atoms with Gasteiger partial charge in [0.1, 0.15) is 18.8 Å². The molecular weight excluding hydrogens is 278 g/mol. The molecule has 0 aromatic heterocycles. The molecule has 0 unspecified atom stereocenters. The van der Waals surface area contributed by atoms with Crippen molar-refractivity contribution in [1.82, 2.24) is 4.90 Å². The molecule has 1 aromatic carbocycles. The Balaban J connectivity index is 2.96. The highest BCUT2D eigenvalue weighted by atomic mass is 16.5. The molecular formula is C14H17NO6. The summed E-state index contributed by atoms with van der Waals surface area (Å²) in [5, 5.41) is 0. The van der Waals surface area contributed by atoms with Gasteiger partial charge in [0.15, 0.2) is 0 Å². The number of rotatable bonds is 6. The first-order valence-corrected chi connectivity index (χ1v) is 6.08. The first-order valence-electron chi connectivity index (χ1n) is 6.08. The summed E-state index contributed by atoms with van der Waals surface area (Å²) in [6.07, 6.45) is 0. The molecule has 0 aliphatic carbocycles. The van der Waals surface area contributed by atoms with Crippen molar-refractivity contribution in [2.24, 2.45) is 0 Å². The fourth-order valence-corrected chi connectivity index (χ4v) is 1.58. The van der Waals surface area contributed by atoms with Crippen LogP contribution in [0.5, 0.6) is 5.75 Å². The normalized spacial score (nSPS) is 9.67. The van der Waals surface area contributed by atoms with Gasteiger partial charge in [-0.2, -0.15) is 0 Å². The largest absolute Gasteiger partial charge is 0.497 e. The van der Waals surface area contributed by atoms with Gasteiger partial charge < -0.3 is 19.1 Å². The maximum atomic E-state index is 12.4. The van der Waals surface area contributed by atoms with Crippen LogP contribution in [0, 0.1) is 0 Å². The molecule has 7 nitrogen and oxygen atoms in total. The molecule has 0 atom stereocenters. The first-order chi connectivity index (χ1) is 10.0. The summed E-state index contributed by atoms with van der Waals surface area (Å²) < 4.78 is 14.1. The van der Waals surface area contributed by atoms with Crippen molar-refractivity contribution in [1.29, 1.82) is 0 Å². The van der Waals surface area contributed by atoms with Crippen molar-refractivity contribution in [3.63, 3.8) is 0 Å². The van der Waals surface area contributed by atoms with Gasteiger partial charge in [-0.1, -0.05) is 6.07 Å². The topological polar surface area (TPSA) is 82.1 Å². The molecule has 0 aliphatic heterocycles. The summed E-state index contributed by atoms with van der Waals surface area (Å²) in [6, 6.07) is 6.40. The standard InChI is InChI=1S/C14H17NO6/c1-19-11-6-4-5-10(7-11)14(18)15(8-12(16)20-2)9-13(17)21-3/h4-7H,8-9H2,1-3H3. The van der Waals surface area contributed by atoms with Gasteiger partial charge in [0.05, 0.1) is 21.3 Å². The summed E-state index contributed by atoms with van der Waals surface area (Å²) in [5.41, 5.74) is 0.294. The molecule has 0 fully saturated rings. The lowest BCUT2D eigenvalue weighted by molar-refractivity contribution is -0.144. The minimum absolute atomic E-state index is 0.294. The number of hydrogen-bond donors (Lipinski definition) is 0. The highest BCUT2D eigenvalue weighted by molar-refractivity contribution is 5.98. The van der Waals surface area contributed by atoms with Gasteiger partial charge in [0, 0.05) is 5.56 Å². The fourth-order valence-electron chi connectivity index (χ4n) is 1.58. The highest BCUT2D eigenvalue weighted by Crippen LogP contribution is 2.14. The zero-order chi connectivity index (χ0) is 15.8. The molecule has 1 aromatic rings. The molecule has 114 valence electrons. The van der Waals surface area contributed by atoms with Gasteiger partial charge in [0.25, 0.3) is 5.91 Å². The zero-order valence-electron chi connectivity index (χ0n) is 12.1. The molecule has 7 heteroatoms. The Morgan fingerprint density at radius 1 is 1.00 bits per heavy atom. The summed E-state index contributed by atoms with van der Waals surface area (Å²) in [6.45, 7) is -0.691. The lowest BCUT2D eigenvalue weighted by Crippen LogP contribution is -2.40. The van der Waals surface area contributed by atoms with Crippen molar-refractivity contribution in [2.75, 3.05) is 34.4 Å². The van der Waals surface area contributed by atoms with E-state index < -0.39 is 17.8 Å². The molecule has 0 N–H and O–H groups in total. The summed E-state index contributed by atoms with van der Waals surface area (Å²) in [4.78, 5) is 36.1. The smallest absolute Gasteiger partial charge is 0.325 e. The SMILES string of the molecule is COC(=O)CN(CC(=O)OC)C(=O)c1cccc(OC)c1. The van der Waals surface area contributed by atoms with E-state index in [0.717, 1.165) is 4.90 Å². The molecule has 1 amide bonds. The Kier molecular flexibility index (Phi) is 6.19. The van der Waals surface area contributed by atoms with E-state index in [2.05, 4.69) is 9.47 Å². The maximum absolute atomic E-state index is 12.4. The van der Waals surface area contributed by atoms with Crippen LogP contribution in [0.25, 0.3) is 0 Å². The first kappa shape index (κ1) is 16.5. The number of benzene rings is 1. The number of nitrogens with zero attached hydrogens (tertiary/aromatic N) is 1. The lowest BCUT2D eigenvalue weighted by Gasteiger charge is -2.20. The van der Waals surface area contributed by atoms with Crippen molar-refractivity contribution >= 4 is 17.8 Å². The van der Waals surface area contributed by atoms with Gasteiger partial charge in [-0.3, -0.25) is 14.4 Å². The molecule has 0 bridgehead atoms. The Bertz CT molecular complexity index is 510. The number of methoxy groups -OCH3 is 3. The van der Waals surface area contributed by atoms with E-state index in [1.54, 1.807) is 18.2 Å². The van der Waals surface area contributed by atoms with E-state index >= 15 is 0 Å². The van der Waals surface area contributed by atoms with Crippen molar-refractivity contribution in [3.8, 4) is 5.75 Å². The van der Waals surface area contributed by atoms with Crippen molar-refractivity contribution < 1.29 is 28.6 Å². The van der Waals surface area contributed by atoms with Gasteiger partial charge in [0.2, 0.25) is 0 Å². The third-order valence-electron chi connectivity index (χ3n) is 2.70. The number of hydrogen-bond acceptors (Lipinski definition) is 6. The molecule has 0 saturated heterocycles. The number of carbonyl (C=O) groups is 3. The molecule has 21 heavy (non-hydrogen) atoms. The Labute approximate surface area is 122 Å². The van der Waals surface area contributed by atoms with Crippen LogP contribution < -0.4 is 4.74 Å². The van der Waals surface area contributed by atoms with Crippen LogP contribution in [0.2, 0.25) is 0 Å². The highest BCUT2D eigenvalue weighted by Gasteiger charge is 2.22. The summed E-state index contributed by atoms with van der Waals surface area (Å²) >= 11 is 0. The fraction of sp³-hybridized carbons (Fsp3) is 0.357. The molecule has 0 heterocycles. The van der Waals surface area contributed by atoms with Crippen LogP contribution in [0.1, 0.15) is 10.4 Å². The van der Waals surface area contributed by atoms with Crippen molar-refractivity contribution in [2.45, 2.75) is 0 Å².